The lowest BCUT2D eigenvalue weighted by Crippen LogP contribution is -2.51. The van der Waals surface area contributed by atoms with E-state index in [9.17, 15) is 18.4 Å². The van der Waals surface area contributed by atoms with Crippen LogP contribution in [0.1, 0.15) is 28.9 Å². The molecule has 7 heteroatoms. The predicted molar refractivity (Wildman–Crippen MR) is 102 cm³/mol. The molecule has 0 aromatic heterocycles. The minimum Gasteiger partial charge on any atom is -0.348 e. The summed E-state index contributed by atoms with van der Waals surface area (Å²) in [6, 6.07) is 11.5. The molecule has 0 aliphatic carbocycles. The third kappa shape index (κ3) is 5.13. The lowest BCUT2D eigenvalue weighted by Gasteiger charge is -2.34. The average Bonchev–Trinajstić information content (AvgIpc) is 2.68. The Morgan fingerprint density at radius 3 is 2.32 bits per heavy atom. The second-order valence-electron chi connectivity index (χ2n) is 6.92. The van der Waals surface area contributed by atoms with Gasteiger partial charge in [-0.3, -0.25) is 14.5 Å². The number of piperazine rings is 1. The second-order valence-corrected chi connectivity index (χ2v) is 6.92. The van der Waals surface area contributed by atoms with Crippen molar-refractivity contribution in [3.63, 3.8) is 0 Å². The van der Waals surface area contributed by atoms with Gasteiger partial charge in [0, 0.05) is 31.7 Å². The zero-order valence-electron chi connectivity index (χ0n) is 15.7. The summed E-state index contributed by atoms with van der Waals surface area (Å²) in [5, 5.41) is 2.90. The number of benzene rings is 2. The van der Waals surface area contributed by atoms with Crippen LogP contribution in [0.4, 0.5) is 8.78 Å². The van der Waals surface area contributed by atoms with Gasteiger partial charge in [-0.1, -0.05) is 18.2 Å². The molecule has 1 N–H and O–H groups in total. The Morgan fingerprint density at radius 2 is 1.68 bits per heavy atom. The lowest BCUT2D eigenvalue weighted by atomic mass is 10.1. The van der Waals surface area contributed by atoms with Crippen LogP contribution < -0.4 is 5.32 Å². The van der Waals surface area contributed by atoms with E-state index in [2.05, 4.69) is 5.32 Å². The molecule has 1 heterocycles. The Bertz CT molecular complexity index is 834. The molecule has 1 saturated heterocycles. The van der Waals surface area contributed by atoms with Crippen LogP contribution in [-0.2, 0) is 4.79 Å². The number of nitrogens with one attached hydrogen (secondary N) is 1. The van der Waals surface area contributed by atoms with E-state index in [1.807, 2.05) is 11.8 Å². The van der Waals surface area contributed by atoms with Crippen LogP contribution in [-0.4, -0.2) is 54.3 Å². The fourth-order valence-electron chi connectivity index (χ4n) is 3.24. The molecule has 0 radical (unpaired) electrons. The number of nitrogens with zero attached hydrogens (tertiary/aromatic N) is 2. The number of halogens is 2. The summed E-state index contributed by atoms with van der Waals surface area (Å²) in [5.74, 6) is -1.07. The van der Waals surface area contributed by atoms with Crippen molar-refractivity contribution < 1.29 is 18.4 Å². The van der Waals surface area contributed by atoms with Crippen molar-refractivity contribution in [2.24, 2.45) is 0 Å². The molecule has 0 spiro atoms. The summed E-state index contributed by atoms with van der Waals surface area (Å²) in [6.07, 6.45) is 0. The van der Waals surface area contributed by atoms with E-state index in [0.29, 0.717) is 31.7 Å². The average molecular weight is 387 g/mol. The van der Waals surface area contributed by atoms with Crippen molar-refractivity contribution in [1.82, 2.24) is 15.1 Å². The fourth-order valence-corrected chi connectivity index (χ4v) is 3.24. The van der Waals surface area contributed by atoms with E-state index in [-0.39, 0.29) is 30.2 Å². The molecule has 0 saturated carbocycles. The van der Waals surface area contributed by atoms with Crippen molar-refractivity contribution >= 4 is 11.8 Å². The van der Waals surface area contributed by atoms with Crippen molar-refractivity contribution in [2.75, 3.05) is 32.7 Å². The van der Waals surface area contributed by atoms with Gasteiger partial charge >= 0.3 is 0 Å². The van der Waals surface area contributed by atoms with Crippen molar-refractivity contribution in [3.8, 4) is 0 Å². The van der Waals surface area contributed by atoms with Crippen molar-refractivity contribution in [1.29, 1.82) is 0 Å². The van der Waals surface area contributed by atoms with Gasteiger partial charge in [0.1, 0.15) is 11.6 Å². The molecular formula is C21H23F2N3O2. The van der Waals surface area contributed by atoms with Gasteiger partial charge in [-0.25, -0.2) is 8.78 Å². The topological polar surface area (TPSA) is 52.7 Å². The normalized spacial score (nSPS) is 15.9. The molecule has 1 atom stereocenters. The highest BCUT2D eigenvalue weighted by molar-refractivity contribution is 5.94. The molecule has 0 bridgehead atoms. The minimum atomic E-state index is -0.434. The Hall–Kier alpha value is -2.80. The van der Waals surface area contributed by atoms with E-state index < -0.39 is 5.82 Å². The van der Waals surface area contributed by atoms with E-state index in [1.165, 1.54) is 30.3 Å². The van der Waals surface area contributed by atoms with E-state index in [0.717, 1.165) is 5.56 Å². The Morgan fingerprint density at radius 1 is 1.00 bits per heavy atom. The Kier molecular flexibility index (Phi) is 6.36. The summed E-state index contributed by atoms with van der Waals surface area (Å²) in [4.78, 5) is 28.4. The molecule has 2 amide bonds. The largest absolute Gasteiger partial charge is 0.348 e. The maximum atomic E-state index is 13.3. The van der Waals surface area contributed by atoms with E-state index >= 15 is 0 Å². The van der Waals surface area contributed by atoms with Gasteiger partial charge in [0.25, 0.3) is 5.91 Å². The molecular weight excluding hydrogens is 364 g/mol. The molecule has 1 aliphatic heterocycles. The van der Waals surface area contributed by atoms with Gasteiger partial charge < -0.3 is 10.2 Å². The Balaban J connectivity index is 1.46. The first-order valence-corrected chi connectivity index (χ1v) is 9.24. The van der Waals surface area contributed by atoms with Gasteiger partial charge in [-0.2, -0.15) is 0 Å². The maximum Gasteiger partial charge on any atom is 0.254 e. The summed E-state index contributed by atoms with van der Waals surface area (Å²) < 4.78 is 26.3. The zero-order chi connectivity index (χ0) is 20.1. The molecule has 1 fully saturated rings. The molecule has 148 valence electrons. The molecule has 1 aliphatic rings. The smallest absolute Gasteiger partial charge is 0.254 e. The second kappa shape index (κ2) is 8.93. The van der Waals surface area contributed by atoms with Gasteiger partial charge in [-0.05, 0) is 42.8 Å². The van der Waals surface area contributed by atoms with E-state index in [1.54, 1.807) is 23.1 Å². The predicted octanol–water partition coefficient (Wildman–Crippen LogP) is 2.60. The third-order valence-corrected chi connectivity index (χ3v) is 4.85. The summed E-state index contributed by atoms with van der Waals surface area (Å²) in [7, 11) is 0. The van der Waals surface area contributed by atoms with Gasteiger partial charge in [0.05, 0.1) is 12.6 Å². The summed E-state index contributed by atoms with van der Waals surface area (Å²) in [6.45, 7) is 4.18. The number of hydrogen-bond acceptors (Lipinski definition) is 3. The molecule has 28 heavy (non-hydrogen) atoms. The van der Waals surface area contributed by atoms with Crippen molar-refractivity contribution in [2.45, 2.75) is 13.0 Å². The number of hydrogen-bond donors (Lipinski definition) is 1. The maximum absolute atomic E-state index is 13.3. The SMILES string of the molecule is CC(NC(=O)CN1CCN(C(=O)c2cccc(F)c2)CC1)c1ccc(F)cc1. The van der Waals surface area contributed by atoms with Crippen LogP contribution in [0.25, 0.3) is 0 Å². The van der Waals surface area contributed by atoms with Crippen LogP contribution in [0.2, 0.25) is 0 Å². The van der Waals surface area contributed by atoms with E-state index in [4.69, 9.17) is 0 Å². The highest BCUT2D eigenvalue weighted by Gasteiger charge is 2.24. The number of rotatable bonds is 5. The molecule has 5 nitrogen and oxygen atoms in total. The number of carbonyl (C=O) groups is 2. The van der Waals surface area contributed by atoms with Crippen LogP contribution in [0, 0.1) is 11.6 Å². The quantitative estimate of drug-likeness (QED) is 0.858. The fraction of sp³-hybridized carbons (Fsp3) is 0.333. The monoisotopic (exact) mass is 387 g/mol. The first-order valence-electron chi connectivity index (χ1n) is 9.24. The first-order chi connectivity index (χ1) is 13.4. The first kappa shape index (κ1) is 19.9. The molecule has 2 aromatic carbocycles. The van der Waals surface area contributed by atoms with Crippen molar-refractivity contribution in [3.05, 3.63) is 71.3 Å². The van der Waals surface area contributed by atoms with Crippen LogP contribution >= 0.6 is 0 Å². The molecule has 2 aromatic rings. The highest BCUT2D eigenvalue weighted by atomic mass is 19.1. The minimum absolute atomic E-state index is 0.123. The standard InChI is InChI=1S/C21H23F2N3O2/c1-15(16-5-7-18(22)8-6-16)24-20(27)14-25-9-11-26(12-10-25)21(28)17-3-2-4-19(23)13-17/h2-8,13,15H,9-12,14H2,1H3,(H,24,27). The highest BCUT2D eigenvalue weighted by Crippen LogP contribution is 2.13. The third-order valence-electron chi connectivity index (χ3n) is 4.85. The van der Waals surface area contributed by atoms with Crippen LogP contribution in [0.15, 0.2) is 48.5 Å². The summed E-state index contributed by atoms with van der Waals surface area (Å²) in [5.41, 5.74) is 1.17. The van der Waals surface area contributed by atoms with Gasteiger partial charge in [0.2, 0.25) is 5.91 Å². The van der Waals surface area contributed by atoms with Gasteiger partial charge in [0.15, 0.2) is 0 Å². The number of amides is 2. The zero-order valence-corrected chi connectivity index (χ0v) is 15.7. The Labute approximate surface area is 162 Å². The summed E-state index contributed by atoms with van der Waals surface area (Å²) >= 11 is 0. The molecule has 3 rings (SSSR count). The van der Waals surface area contributed by atoms with Crippen LogP contribution in [0.5, 0.6) is 0 Å². The van der Waals surface area contributed by atoms with Crippen LogP contribution in [0.3, 0.4) is 0 Å². The lowest BCUT2D eigenvalue weighted by molar-refractivity contribution is -0.123. The number of carbonyl (C=O) groups excluding carboxylic acids is 2. The molecule has 1 unspecified atom stereocenters. The van der Waals surface area contributed by atoms with Gasteiger partial charge in [-0.15, -0.1) is 0 Å².